The number of carboxylic acid groups (broad SMARTS) is 1. The fourth-order valence-electron chi connectivity index (χ4n) is 3.52. The van der Waals surface area contributed by atoms with Crippen LogP contribution < -0.4 is 0 Å². The summed E-state index contributed by atoms with van der Waals surface area (Å²) in [5.41, 5.74) is 2.85. The second-order valence-electron chi connectivity index (χ2n) is 8.53. The number of aryl methyl sites for hydroxylation is 1. The van der Waals surface area contributed by atoms with Crippen LogP contribution in [0.1, 0.15) is 63.0 Å². The van der Waals surface area contributed by atoms with Crippen molar-refractivity contribution in [3.8, 4) is 0 Å². The van der Waals surface area contributed by atoms with E-state index >= 15 is 0 Å². The molecular weight excluding hydrogens is 376 g/mol. The molecule has 6 nitrogen and oxygen atoms in total. The smallest absolute Gasteiger partial charge is 0.416 e. The molecular formula is C21H28N2O4S. The van der Waals surface area contributed by atoms with Crippen molar-refractivity contribution in [3.63, 3.8) is 0 Å². The molecule has 0 atom stereocenters. The second-order valence-corrected chi connectivity index (χ2v) is 9.53. The summed E-state index contributed by atoms with van der Waals surface area (Å²) in [6.07, 6.45) is 3.27. The van der Waals surface area contributed by atoms with Crippen LogP contribution in [0.2, 0.25) is 0 Å². The Hall–Kier alpha value is -2.28. The number of hydrogen-bond acceptors (Lipinski definition) is 4. The summed E-state index contributed by atoms with van der Waals surface area (Å²) in [6.45, 7) is 12.9. The topological polar surface area (TPSA) is 71.8 Å². The number of amides is 1. The average Bonchev–Trinajstić information content (AvgIpc) is 3.11. The van der Waals surface area contributed by atoms with Crippen LogP contribution in [0.4, 0.5) is 9.59 Å². The Bertz CT molecular complexity index is 959. The lowest BCUT2D eigenvalue weighted by molar-refractivity contribution is 0.0270. The van der Waals surface area contributed by atoms with Gasteiger partial charge in [0.15, 0.2) is 0 Å². The molecule has 2 aromatic heterocycles. The molecule has 3 rings (SSSR count). The molecule has 0 saturated carbocycles. The minimum Gasteiger partial charge on any atom is -0.464 e. The minimum absolute atomic E-state index is 0.243. The molecule has 1 N–H and O–H groups in total. The molecule has 1 aliphatic rings. The molecule has 7 heteroatoms. The van der Waals surface area contributed by atoms with Gasteiger partial charge < -0.3 is 14.7 Å². The molecule has 1 amide bonds. The number of aromatic nitrogens is 1. The summed E-state index contributed by atoms with van der Waals surface area (Å²) < 4.78 is 6.79. The standard InChI is InChI=1S/C21H28N2O4S/c1-12(2)15-11-23(19(24)25)18-16(15)13(3)17(28-18)14-7-9-22(10-8-14)20(26)27-21(4,5)6/h7,11-12H,8-10H2,1-6H3,(H,24,25). The zero-order chi connectivity index (χ0) is 20.8. The highest BCUT2D eigenvalue weighted by Gasteiger charge is 2.27. The Balaban J connectivity index is 1.93. The lowest BCUT2D eigenvalue weighted by Crippen LogP contribution is -2.39. The van der Waals surface area contributed by atoms with E-state index in [-0.39, 0.29) is 12.0 Å². The lowest BCUT2D eigenvalue weighted by atomic mass is 9.98. The van der Waals surface area contributed by atoms with Gasteiger partial charge in [0.2, 0.25) is 0 Å². The van der Waals surface area contributed by atoms with Crippen molar-refractivity contribution in [1.29, 1.82) is 0 Å². The molecule has 0 unspecified atom stereocenters. The van der Waals surface area contributed by atoms with Crippen molar-refractivity contribution in [2.45, 2.75) is 59.5 Å². The Kier molecular flexibility index (Phi) is 5.32. The molecule has 0 fully saturated rings. The largest absolute Gasteiger partial charge is 0.464 e. The molecule has 1 aliphatic heterocycles. The number of ether oxygens (including phenoxy) is 1. The van der Waals surface area contributed by atoms with E-state index in [1.54, 1.807) is 11.1 Å². The van der Waals surface area contributed by atoms with Gasteiger partial charge in [-0.2, -0.15) is 0 Å². The third-order valence-corrected chi connectivity index (χ3v) is 6.25. The maximum Gasteiger partial charge on any atom is 0.416 e. The molecule has 0 spiro atoms. The van der Waals surface area contributed by atoms with E-state index < -0.39 is 11.7 Å². The van der Waals surface area contributed by atoms with Crippen LogP contribution in [-0.2, 0) is 4.74 Å². The molecule has 3 heterocycles. The zero-order valence-electron chi connectivity index (χ0n) is 17.3. The first-order chi connectivity index (χ1) is 13.0. The summed E-state index contributed by atoms with van der Waals surface area (Å²) >= 11 is 1.52. The van der Waals surface area contributed by atoms with Crippen LogP contribution in [0.25, 0.3) is 15.8 Å². The van der Waals surface area contributed by atoms with Crippen LogP contribution in [0.15, 0.2) is 12.3 Å². The van der Waals surface area contributed by atoms with Gasteiger partial charge in [0.1, 0.15) is 10.4 Å². The average molecular weight is 405 g/mol. The molecule has 28 heavy (non-hydrogen) atoms. The van der Waals surface area contributed by atoms with Crippen LogP contribution in [0.5, 0.6) is 0 Å². The monoisotopic (exact) mass is 404 g/mol. The number of carbonyl (C=O) groups excluding carboxylic acids is 1. The van der Waals surface area contributed by atoms with E-state index in [0.717, 1.165) is 32.6 Å². The van der Waals surface area contributed by atoms with Crippen molar-refractivity contribution in [2.75, 3.05) is 13.1 Å². The zero-order valence-corrected chi connectivity index (χ0v) is 18.1. The van der Waals surface area contributed by atoms with Crippen LogP contribution in [0, 0.1) is 6.92 Å². The molecule has 152 valence electrons. The second kappa shape index (κ2) is 7.28. The quantitative estimate of drug-likeness (QED) is 0.698. The van der Waals surface area contributed by atoms with Crippen LogP contribution in [-0.4, -0.2) is 45.5 Å². The van der Waals surface area contributed by atoms with Gasteiger partial charge in [0.05, 0.1) is 0 Å². The molecule has 0 aliphatic carbocycles. The highest BCUT2D eigenvalue weighted by molar-refractivity contribution is 7.20. The van der Waals surface area contributed by atoms with Gasteiger partial charge in [0, 0.05) is 29.5 Å². The summed E-state index contributed by atoms with van der Waals surface area (Å²) in [7, 11) is 0. The summed E-state index contributed by atoms with van der Waals surface area (Å²) in [4.78, 5) is 27.5. The van der Waals surface area contributed by atoms with Crippen molar-refractivity contribution < 1.29 is 19.4 Å². The fourth-order valence-corrected chi connectivity index (χ4v) is 4.89. The number of thiophene rings is 1. The van der Waals surface area contributed by atoms with Crippen molar-refractivity contribution in [1.82, 2.24) is 9.47 Å². The fraction of sp³-hybridized carbons (Fsp3) is 0.524. The molecule has 0 radical (unpaired) electrons. The van der Waals surface area contributed by atoms with E-state index in [1.807, 2.05) is 20.8 Å². The highest BCUT2D eigenvalue weighted by atomic mass is 32.1. The summed E-state index contributed by atoms with van der Waals surface area (Å²) in [6, 6.07) is 0. The first-order valence-corrected chi connectivity index (χ1v) is 10.4. The van der Waals surface area contributed by atoms with Crippen LogP contribution in [0.3, 0.4) is 0 Å². The Morgan fingerprint density at radius 2 is 1.96 bits per heavy atom. The minimum atomic E-state index is -0.960. The number of hydrogen-bond donors (Lipinski definition) is 1. The Labute approximate surface area is 169 Å². The third-order valence-electron chi connectivity index (χ3n) is 4.88. The van der Waals surface area contributed by atoms with E-state index in [2.05, 4.69) is 26.8 Å². The van der Waals surface area contributed by atoms with E-state index in [0.29, 0.717) is 13.1 Å². The third kappa shape index (κ3) is 3.81. The number of carbonyl (C=O) groups is 2. The summed E-state index contributed by atoms with van der Waals surface area (Å²) in [5.74, 6) is 0.243. The molecule has 2 aromatic rings. The van der Waals surface area contributed by atoms with Gasteiger partial charge in [-0.15, -0.1) is 11.3 Å². The van der Waals surface area contributed by atoms with Gasteiger partial charge in [-0.25, -0.2) is 14.2 Å². The van der Waals surface area contributed by atoms with E-state index in [9.17, 15) is 14.7 Å². The maximum atomic E-state index is 12.3. The van der Waals surface area contributed by atoms with Crippen molar-refractivity contribution in [2.24, 2.45) is 0 Å². The first kappa shape index (κ1) is 20.5. The molecule has 0 bridgehead atoms. The van der Waals surface area contributed by atoms with Gasteiger partial charge in [-0.3, -0.25) is 0 Å². The summed E-state index contributed by atoms with van der Waals surface area (Å²) in [5, 5.41) is 10.6. The first-order valence-electron chi connectivity index (χ1n) is 9.54. The van der Waals surface area contributed by atoms with E-state index in [4.69, 9.17) is 4.74 Å². The predicted octanol–water partition coefficient (Wildman–Crippen LogP) is 5.68. The lowest BCUT2D eigenvalue weighted by Gasteiger charge is -2.29. The highest BCUT2D eigenvalue weighted by Crippen LogP contribution is 2.42. The van der Waals surface area contributed by atoms with Gasteiger partial charge >= 0.3 is 12.2 Å². The van der Waals surface area contributed by atoms with Gasteiger partial charge in [-0.1, -0.05) is 19.9 Å². The van der Waals surface area contributed by atoms with E-state index in [1.165, 1.54) is 21.5 Å². The number of rotatable bonds is 2. The van der Waals surface area contributed by atoms with Crippen molar-refractivity contribution >= 4 is 39.3 Å². The predicted molar refractivity (Wildman–Crippen MR) is 112 cm³/mol. The molecule has 0 aromatic carbocycles. The maximum absolute atomic E-state index is 12.3. The SMILES string of the molecule is Cc1c(C2=CCN(C(=O)OC(C)(C)C)CC2)sc2c1c(C(C)C)cn2C(=O)O. The normalized spacial score (nSPS) is 15.2. The Morgan fingerprint density at radius 3 is 2.46 bits per heavy atom. The van der Waals surface area contributed by atoms with Gasteiger partial charge in [-0.05, 0) is 56.7 Å². The Morgan fingerprint density at radius 1 is 1.29 bits per heavy atom. The molecule has 0 saturated heterocycles. The van der Waals surface area contributed by atoms with Crippen molar-refractivity contribution in [3.05, 3.63) is 28.3 Å². The van der Waals surface area contributed by atoms with Gasteiger partial charge in [0.25, 0.3) is 0 Å². The number of nitrogens with zero attached hydrogens (tertiary/aromatic N) is 2. The number of fused-ring (bicyclic) bond motifs is 1. The van der Waals surface area contributed by atoms with Crippen LogP contribution >= 0.6 is 11.3 Å².